The van der Waals surface area contributed by atoms with Crippen LogP contribution >= 0.6 is 7.60 Å². The molecule has 0 saturated carbocycles. The Morgan fingerprint density at radius 1 is 1.25 bits per heavy atom. The van der Waals surface area contributed by atoms with Crippen LogP contribution in [0, 0.1) is 13.8 Å². The number of phenols is 1. The van der Waals surface area contributed by atoms with Crippen molar-refractivity contribution in [3.05, 3.63) is 47.7 Å². The third kappa shape index (κ3) is 4.90. The molecule has 0 aliphatic carbocycles. The van der Waals surface area contributed by atoms with E-state index < -0.39 is 7.60 Å². The number of anilines is 1. The highest BCUT2D eigenvalue weighted by Crippen LogP contribution is 2.61. The number of methoxy groups -OCH3 is 1. The summed E-state index contributed by atoms with van der Waals surface area (Å²) in [6.45, 7) is 7.46. The molecule has 0 aliphatic heterocycles. The van der Waals surface area contributed by atoms with Crippen LogP contribution in [0.3, 0.4) is 0 Å². The third-order valence-corrected chi connectivity index (χ3v) is 6.12. The molecule has 0 aliphatic rings. The molecule has 2 rings (SSSR count). The van der Waals surface area contributed by atoms with Crippen molar-refractivity contribution < 1.29 is 23.5 Å². The number of aromatic hydroxyl groups is 1. The molecule has 0 unspecified atom stereocenters. The summed E-state index contributed by atoms with van der Waals surface area (Å²) in [6, 6.07) is 3.29. The van der Waals surface area contributed by atoms with Crippen LogP contribution in [0.1, 0.15) is 30.7 Å². The van der Waals surface area contributed by atoms with Crippen molar-refractivity contribution >= 4 is 18.6 Å². The zero-order valence-electron chi connectivity index (χ0n) is 16.7. The van der Waals surface area contributed by atoms with Gasteiger partial charge in [-0.15, -0.1) is 0 Å². The zero-order chi connectivity index (χ0) is 20.7. The van der Waals surface area contributed by atoms with Gasteiger partial charge in [-0.2, -0.15) is 0 Å². The van der Waals surface area contributed by atoms with E-state index in [0.717, 1.165) is 5.69 Å². The number of ether oxygens (including phenoxy) is 1. The second kappa shape index (κ2) is 9.68. The predicted molar refractivity (Wildman–Crippen MR) is 109 cm³/mol. The fourth-order valence-electron chi connectivity index (χ4n) is 2.57. The Kier molecular flexibility index (Phi) is 7.57. The first-order valence-corrected chi connectivity index (χ1v) is 10.4. The molecule has 0 bridgehead atoms. The molecule has 152 valence electrons. The van der Waals surface area contributed by atoms with Crippen LogP contribution in [0.4, 0.5) is 5.69 Å². The first kappa shape index (κ1) is 21.9. The van der Waals surface area contributed by atoms with Crippen LogP contribution in [-0.2, 0) is 13.6 Å². The minimum atomic E-state index is -3.65. The van der Waals surface area contributed by atoms with E-state index in [0.29, 0.717) is 22.1 Å². The SMILES string of the molecule is CCOP(=O)(OCC)/C(=C\Nc1cncnc1C)c1cc(C)c(O)c(OC)c1. The lowest BCUT2D eigenvalue weighted by molar-refractivity contribution is 0.230. The van der Waals surface area contributed by atoms with Gasteiger partial charge in [-0.3, -0.25) is 4.57 Å². The maximum absolute atomic E-state index is 13.5. The fourth-order valence-corrected chi connectivity index (χ4v) is 4.27. The molecule has 0 spiro atoms. The summed E-state index contributed by atoms with van der Waals surface area (Å²) in [4.78, 5) is 8.13. The van der Waals surface area contributed by atoms with Gasteiger partial charge in [0, 0.05) is 6.20 Å². The zero-order valence-corrected chi connectivity index (χ0v) is 17.6. The second-order valence-electron chi connectivity index (χ2n) is 5.87. The van der Waals surface area contributed by atoms with Gasteiger partial charge in [-0.25, -0.2) is 9.97 Å². The van der Waals surface area contributed by atoms with Gasteiger partial charge in [0.05, 0.1) is 43.2 Å². The number of hydrogen-bond donors (Lipinski definition) is 2. The Morgan fingerprint density at radius 3 is 2.50 bits per heavy atom. The monoisotopic (exact) mass is 407 g/mol. The van der Waals surface area contributed by atoms with Gasteiger partial charge in [0.1, 0.15) is 6.33 Å². The van der Waals surface area contributed by atoms with Gasteiger partial charge < -0.3 is 24.2 Å². The Labute approximate surface area is 165 Å². The minimum Gasteiger partial charge on any atom is -0.504 e. The molecule has 0 saturated heterocycles. The molecule has 8 nitrogen and oxygen atoms in total. The van der Waals surface area contributed by atoms with E-state index in [1.54, 1.807) is 45.3 Å². The first-order chi connectivity index (χ1) is 13.4. The molecule has 0 amide bonds. The Hall–Kier alpha value is -2.41. The van der Waals surface area contributed by atoms with Crippen LogP contribution < -0.4 is 10.1 Å². The Balaban J connectivity index is 2.62. The first-order valence-electron chi connectivity index (χ1n) is 8.87. The van der Waals surface area contributed by atoms with Crippen molar-refractivity contribution in [1.82, 2.24) is 9.97 Å². The summed E-state index contributed by atoms with van der Waals surface area (Å²) in [5.41, 5.74) is 2.49. The molecule has 1 heterocycles. The highest BCUT2D eigenvalue weighted by Gasteiger charge is 2.32. The predicted octanol–water partition coefficient (Wildman–Crippen LogP) is 4.48. The summed E-state index contributed by atoms with van der Waals surface area (Å²) in [5.74, 6) is 0.285. The average Bonchev–Trinajstić information content (AvgIpc) is 2.66. The Morgan fingerprint density at radius 2 is 1.93 bits per heavy atom. The topological polar surface area (TPSA) is 103 Å². The molecule has 1 aromatic heterocycles. The molecule has 9 heteroatoms. The highest BCUT2D eigenvalue weighted by atomic mass is 31.2. The van der Waals surface area contributed by atoms with Crippen molar-refractivity contribution in [2.24, 2.45) is 0 Å². The maximum Gasteiger partial charge on any atom is 0.363 e. The van der Waals surface area contributed by atoms with Crippen LogP contribution in [0.15, 0.2) is 30.9 Å². The van der Waals surface area contributed by atoms with Crippen molar-refractivity contribution in [1.29, 1.82) is 0 Å². The number of aromatic nitrogens is 2. The standard InChI is InChI=1S/C19H26N3O5P/c1-6-26-28(24,27-7-2)18(11-21-16-10-20-12-22-14(16)4)15-8-13(3)19(23)17(9-15)25-5/h8-12,21,23H,6-7H2,1-5H3/b18-11-. The molecule has 0 fully saturated rings. The summed E-state index contributed by atoms with van der Waals surface area (Å²) in [7, 11) is -2.19. The molecule has 2 aromatic rings. The number of rotatable bonds is 9. The van der Waals surface area contributed by atoms with E-state index in [9.17, 15) is 9.67 Å². The van der Waals surface area contributed by atoms with Gasteiger partial charge in [0.25, 0.3) is 0 Å². The van der Waals surface area contributed by atoms with Gasteiger partial charge in [0.15, 0.2) is 11.5 Å². The fraction of sp³-hybridized carbons (Fsp3) is 0.368. The van der Waals surface area contributed by atoms with Crippen molar-refractivity contribution in [3.8, 4) is 11.5 Å². The van der Waals surface area contributed by atoms with Gasteiger partial charge in [-0.1, -0.05) is 0 Å². The summed E-state index contributed by atoms with van der Waals surface area (Å²) >= 11 is 0. The number of benzene rings is 1. The largest absolute Gasteiger partial charge is 0.504 e. The van der Waals surface area contributed by atoms with Crippen LogP contribution in [0.25, 0.3) is 5.31 Å². The number of phenolic OH excluding ortho intramolecular Hbond substituents is 1. The minimum absolute atomic E-state index is 0.0218. The Bertz CT molecular complexity index is 891. The summed E-state index contributed by atoms with van der Waals surface area (Å²) in [6.07, 6.45) is 4.62. The molecule has 28 heavy (non-hydrogen) atoms. The quantitative estimate of drug-likeness (QED) is 0.587. The van der Waals surface area contributed by atoms with E-state index in [-0.39, 0.29) is 24.7 Å². The molecule has 0 radical (unpaired) electrons. The second-order valence-corrected chi connectivity index (χ2v) is 7.87. The smallest absolute Gasteiger partial charge is 0.363 e. The molecular formula is C19H26N3O5P. The van der Waals surface area contributed by atoms with Crippen molar-refractivity contribution in [2.75, 3.05) is 25.6 Å². The molecule has 1 aromatic carbocycles. The molecular weight excluding hydrogens is 381 g/mol. The van der Waals surface area contributed by atoms with E-state index in [1.165, 1.54) is 13.4 Å². The summed E-state index contributed by atoms with van der Waals surface area (Å²) in [5, 5.41) is 13.5. The normalized spacial score (nSPS) is 12.1. The number of nitrogens with zero attached hydrogens (tertiary/aromatic N) is 2. The van der Waals surface area contributed by atoms with Crippen LogP contribution in [0.5, 0.6) is 11.5 Å². The van der Waals surface area contributed by atoms with Crippen molar-refractivity contribution in [3.63, 3.8) is 0 Å². The van der Waals surface area contributed by atoms with Crippen molar-refractivity contribution in [2.45, 2.75) is 27.7 Å². The lowest BCUT2D eigenvalue weighted by atomic mass is 10.1. The van der Waals surface area contributed by atoms with E-state index >= 15 is 0 Å². The maximum atomic E-state index is 13.5. The third-order valence-electron chi connectivity index (χ3n) is 3.95. The lowest BCUT2D eigenvalue weighted by Gasteiger charge is -2.21. The summed E-state index contributed by atoms with van der Waals surface area (Å²) < 4.78 is 29.8. The number of hydrogen-bond acceptors (Lipinski definition) is 8. The van der Waals surface area contributed by atoms with E-state index in [4.69, 9.17) is 13.8 Å². The average molecular weight is 407 g/mol. The van der Waals surface area contributed by atoms with E-state index in [2.05, 4.69) is 15.3 Å². The van der Waals surface area contributed by atoms with Gasteiger partial charge >= 0.3 is 7.60 Å². The highest BCUT2D eigenvalue weighted by molar-refractivity contribution is 7.65. The van der Waals surface area contributed by atoms with Gasteiger partial charge in [-0.05, 0) is 51.0 Å². The molecule has 0 atom stereocenters. The lowest BCUT2D eigenvalue weighted by Crippen LogP contribution is -2.03. The number of aryl methyl sites for hydroxylation is 2. The van der Waals surface area contributed by atoms with Crippen LogP contribution in [0.2, 0.25) is 0 Å². The van der Waals surface area contributed by atoms with Crippen LogP contribution in [-0.4, -0.2) is 35.4 Å². The van der Waals surface area contributed by atoms with Gasteiger partial charge in [0.2, 0.25) is 0 Å². The number of nitrogens with one attached hydrogen (secondary N) is 1. The van der Waals surface area contributed by atoms with E-state index in [1.807, 2.05) is 6.92 Å². The molecule has 2 N–H and O–H groups in total.